The van der Waals surface area contributed by atoms with Gasteiger partial charge in [0.15, 0.2) is 0 Å². The van der Waals surface area contributed by atoms with Gasteiger partial charge in [-0.1, -0.05) is 12.1 Å². The Labute approximate surface area is 87.0 Å². The van der Waals surface area contributed by atoms with Crippen molar-refractivity contribution in [3.63, 3.8) is 0 Å². The Kier molecular flexibility index (Phi) is 2.96. The number of amides is 1. The van der Waals surface area contributed by atoms with Crippen LogP contribution in [-0.2, 0) is 10.0 Å². The molecule has 6 nitrogen and oxygen atoms in total. The zero-order valence-corrected chi connectivity index (χ0v) is 8.73. The molecule has 0 aliphatic rings. The molecule has 1 aromatic rings. The summed E-state index contributed by atoms with van der Waals surface area (Å²) in [7, 11) is -2.67. The highest BCUT2D eigenvalue weighted by molar-refractivity contribution is 7.89. The number of rotatable bonds is 2. The Bertz CT molecular complexity index is 483. The fraction of sp³-hybridized carbons (Fsp3) is 0.125. The second-order valence-electron chi connectivity index (χ2n) is 2.85. The predicted octanol–water partition coefficient (Wildman–Crippen LogP) is 0.448. The highest BCUT2D eigenvalue weighted by atomic mass is 32.2. The van der Waals surface area contributed by atoms with Crippen molar-refractivity contribution in [3.8, 4) is 0 Å². The lowest BCUT2D eigenvalue weighted by Crippen LogP contribution is -2.26. The minimum absolute atomic E-state index is 0.0347. The van der Waals surface area contributed by atoms with Gasteiger partial charge < -0.3 is 5.11 Å². The van der Waals surface area contributed by atoms with Crippen molar-refractivity contribution in [2.24, 2.45) is 5.14 Å². The number of benzene rings is 1. The summed E-state index contributed by atoms with van der Waals surface area (Å²) in [5.74, 6) is 0. The number of hydrogen-bond donors (Lipinski definition) is 2. The average molecular weight is 230 g/mol. The predicted molar refractivity (Wildman–Crippen MR) is 54.2 cm³/mol. The number of nitrogens with two attached hydrogens (primary N) is 1. The van der Waals surface area contributed by atoms with E-state index in [1.165, 1.54) is 31.3 Å². The largest absolute Gasteiger partial charge is 0.465 e. The van der Waals surface area contributed by atoms with E-state index in [0.717, 1.165) is 4.90 Å². The molecule has 7 heteroatoms. The molecule has 3 N–H and O–H groups in total. The molecule has 1 aromatic carbocycles. The molecule has 15 heavy (non-hydrogen) atoms. The normalized spacial score (nSPS) is 11.1. The number of carbonyl (C=O) groups is 1. The molecule has 0 aliphatic heterocycles. The smallest absolute Gasteiger partial charge is 0.411 e. The summed E-state index contributed by atoms with van der Waals surface area (Å²) in [5, 5.41) is 13.7. The number of carboxylic acid groups (broad SMARTS) is 1. The van der Waals surface area contributed by atoms with E-state index in [0.29, 0.717) is 0 Å². The second-order valence-corrected chi connectivity index (χ2v) is 4.38. The zero-order valence-electron chi connectivity index (χ0n) is 7.91. The minimum atomic E-state index is -3.92. The van der Waals surface area contributed by atoms with Gasteiger partial charge >= 0.3 is 6.09 Å². The van der Waals surface area contributed by atoms with E-state index < -0.39 is 16.1 Å². The Balaban J connectivity index is 3.37. The van der Waals surface area contributed by atoms with Gasteiger partial charge in [0.25, 0.3) is 0 Å². The van der Waals surface area contributed by atoms with Gasteiger partial charge in [0.05, 0.1) is 5.69 Å². The minimum Gasteiger partial charge on any atom is -0.465 e. The van der Waals surface area contributed by atoms with Crippen LogP contribution >= 0.6 is 0 Å². The third-order valence-electron chi connectivity index (χ3n) is 1.82. The van der Waals surface area contributed by atoms with Crippen LogP contribution in [-0.4, -0.2) is 26.7 Å². The van der Waals surface area contributed by atoms with E-state index >= 15 is 0 Å². The number of nitrogens with zero attached hydrogens (tertiary/aromatic N) is 1. The molecule has 0 saturated heterocycles. The van der Waals surface area contributed by atoms with Crippen LogP contribution < -0.4 is 10.0 Å². The summed E-state index contributed by atoms with van der Waals surface area (Å²) in [4.78, 5) is 11.2. The monoisotopic (exact) mass is 230 g/mol. The maximum atomic E-state index is 11.1. The molecule has 82 valence electrons. The Hall–Kier alpha value is -1.60. The van der Waals surface area contributed by atoms with E-state index in [1.807, 2.05) is 0 Å². The Morgan fingerprint density at radius 2 is 1.93 bits per heavy atom. The first-order valence-electron chi connectivity index (χ1n) is 3.92. The van der Waals surface area contributed by atoms with Crippen LogP contribution in [0.15, 0.2) is 29.2 Å². The maximum absolute atomic E-state index is 11.1. The lowest BCUT2D eigenvalue weighted by Gasteiger charge is -2.15. The highest BCUT2D eigenvalue weighted by Gasteiger charge is 2.18. The van der Waals surface area contributed by atoms with E-state index in [2.05, 4.69) is 0 Å². The molecule has 0 spiro atoms. The fourth-order valence-electron chi connectivity index (χ4n) is 1.08. The molecule has 0 bridgehead atoms. The molecule has 0 radical (unpaired) electrons. The highest BCUT2D eigenvalue weighted by Crippen LogP contribution is 2.22. The quantitative estimate of drug-likeness (QED) is 0.770. The summed E-state index contributed by atoms with van der Waals surface area (Å²) >= 11 is 0. The molecule has 1 rings (SSSR count). The molecule has 0 fully saturated rings. The van der Waals surface area contributed by atoms with Crippen molar-refractivity contribution in [3.05, 3.63) is 24.3 Å². The van der Waals surface area contributed by atoms with Crippen LogP contribution in [0.2, 0.25) is 0 Å². The average Bonchev–Trinajstić information content (AvgIpc) is 2.15. The lowest BCUT2D eigenvalue weighted by atomic mass is 10.3. The van der Waals surface area contributed by atoms with Crippen LogP contribution in [0.1, 0.15) is 0 Å². The lowest BCUT2D eigenvalue weighted by molar-refractivity contribution is 0.203. The third-order valence-corrected chi connectivity index (χ3v) is 2.78. The topological polar surface area (TPSA) is 101 Å². The molecule has 0 atom stereocenters. The van der Waals surface area contributed by atoms with Gasteiger partial charge in [0, 0.05) is 7.05 Å². The van der Waals surface area contributed by atoms with Crippen molar-refractivity contribution < 1.29 is 18.3 Å². The molecule has 0 heterocycles. The zero-order chi connectivity index (χ0) is 11.6. The van der Waals surface area contributed by atoms with Crippen molar-refractivity contribution in [1.82, 2.24) is 0 Å². The summed E-state index contributed by atoms with van der Waals surface area (Å²) in [5.41, 5.74) is 0.0347. The summed E-state index contributed by atoms with van der Waals surface area (Å²) < 4.78 is 22.3. The van der Waals surface area contributed by atoms with Crippen LogP contribution in [0.4, 0.5) is 10.5 Å². The molecular weight excluding hydrogens is 220 g/mol. The fourth-order valence-corrected chi connectivity index (χ4v) is 1.84. The first-order valence-corrected chi connectivity index (χ1v) is 5.47. The molecule has 0 aromatic heterocycles. The summed E-state index contributed by atoms with van der Waals surface area (Å²) in [6, 6.07) is 5.63. The summed E-state index contributed by atoms with van der Waals surface area (Å²) in [6.45, 7) is 0. The first-order chi connectivity index (χ1) is 6.84. The first kappa shape index (κ1) is 11.5. The van der Waals surface area contributed by atoms with Crippen LogP contribution in [0.25, 0.3) is 0 Å². The van der Waals surface area contributed by atoms with Crippen molar-refractivity contribution in [2.75, 3.05) is 11.9 Å². The van der Waals surface area contributed by atoms with Crippen molar-refractivity contribution in [1.29, 1.82) is 0 Å². The van der Waals surface area contributed by atoms with Gasteiger partial charge in [0.2, 0.25) is 10.0 Å². The summed E-state index contributed by atoms with van der Waals surface area (Å²) in [6.07, 6.45) is -1.26. The Morgan fingerprint density at radius 1 is 1.40 bits per heavy atom. The van der Waals surface area contributed by atoms with Crippen molar-refractivity contribution in [2.45, 2.75) is 4.90 Å². The van der Waals surface area contributed by atoms with Gasteiger partial charge in [-0.2, -0.15) is 0 Å². The molecule has 1 amide bonds. The number of para-hydroxylation sites is 1. The molecule has 0 unspecified atom stereocenters. The SMILES string of the molecule is CN(C(=O)O)c1ccccc1S(N)(=O)=O. The second kappa shape index (κ2) is 3.87. The van der Waals surface area contributed by atoms with Gasteiger partial charge in [0.1, 0.15) is 4.90 Å². The standard InChI is InChI=1S/C8H10N2O4S/c1-10(8(11)12)6-4-2-3-5-7(6)15(9,13)14/h2-5H,1H3,(H,11,12)(H2,9,13,14). The number of anilines is 1. The number of primary sulfonamides is 1. The van der Waals surface area contributed by atoms with Crippen LogP contribution in [0.5, 0.6) is 0 Å². The molecule has 0 saturated carbocycles. The van der Waals surface area contributed by atoms with E-state index in [-0.39, 0.29) is 10.6 Å². The van der Waals surface area contributed by atoms with Crippen LogP contribution in [0.3, 0.4) is 0 Å². The van der Waals surface area contributed by atoms with E-state index in [9.17, 15) is 13.2 Å². The number of hydrogen-bond acceptors (Lipinski definition) is 3. The van der Waals surface area contributed by atoms with Gasteiger partial charge in [-0.15, -0.1) is 0 Å². The van der Waals surface area contributed by atoms with Crippen molar-refractivity contribution >= 4 is 21.8 Å². The van der Waals surface area contributed by atoms with E-state index in [4.69, 9.17) is 10.2 Å². The van der Waals surface area contributed by atoms with Gasteiger partial charge in [-0.25, -0.2) is 18.4 Å². The third kappa shape index (κ3) is 2.45. The van der Waals surface area contributed by atoms with Gasteiger partial charge in [-0.3, -0.25) is 4.90 Å². The molecule has 0 aliphatic carbocycles. The Morgan fingerprint density at radius 3 is 2.40 bits per heavy atom. The van der Waals surface area contributed by atoms with Gasteiger partial charge in [-0.05, 0) is 12.1 Å². The molecular formula is C8H10N2O4S. The van der Waals surface area contributed by atoms with Crippen LogP contribution in [0, 0.1) is 0 Å². The van der Waals surface area contributed by atoms with E-state index in [1.54, 1.807) is 0 Å². The maximum Gasteiger partial charge on any atom is 0.411 e. The number of sulfonamides is 1.